The molecule has 1 heterocycles. The number of thiazole rings is 1. The predicted molar refractivity (Wildman–Crippen MR) is 73.2 cm³/mol. The van der Waals surface area contributed by atoms with Crippen LogP contribution in [-0.4, -0.2) is 16.1 Å². The van der Waals surface area contributed by atoms with Crippen molar-refractivity contribution in [3.05, 3.63) is 40.9 Å². The zero-order chi connectivity index (χ0) is 15.8. The summed E-state index contributed by atoms with van der Waals surface area (Å²) >= 11 is 1.20. The molecule has 112 valence electrons. The number of rotatable bonds is 3. The molecular formula is C14H12F3NO2S. The van der Waals surface area contributed by atoms with Crippen molar-refractivity contribution in [1.29, 1.82) is 0 Å². The van der Waals surface area contributed by atoms with Crippen LogP contribution >= 0.6 is 11.3 Å². The third kappa shape index (κ3) is 3.07. The lowest BCUT2D eigenvalue weighted by Crippen LogP contribution is -2.28. The van der Waals surface area contributed by atoms with E-state index < -0.39 is 23.1 Å². The van der Waals surface area contributed by atoms with Crippen molar-refractivity contribution in [2.24, 2.45) is 0 Å². The minimum absolute atomic E-state index is 0.384. The van der Waals surface area contributed by atoms with Crippen molar-refractivity contribution in [1.82, 2.24) is 4.98 Å². The molecule has 0 spiro atoms. The highest BCUT2D eigenvalue weighted by atomic mass is 32.1. The first kappa shape index (κ1) is 15.5. The highest BCUT2D eigenvalue weighted by molar-refractivity contribution is 7.13. The van der Waals surface area contributed by atoms with Crippen molar-refractivity contribution in [3.8, 4) is 10.6 Å². The van der Waals surface area contributed by atoms with Crippen molar-refractivity contribution < 1.29 is 23.1 Å². The Bertz CT molecular complexity index is 660. The molecule has 0 aliphatic carbocycles. The van der Waals surface area contributed by atoms with E-state index >= 15 is 0 Å². The smallest absolute Gasteiger partial charge is 0.416 e. The number of alkyl halides is 3. The van der Waals surface area contributed by atoms with Crippen molar-refractivity contribution >= 4 is 17.3 Å². The molecule has 0 radical (unpaired) electrons. The fourth-order valence-electron chi connectivity index (χ4n) is 1.60. The average molecular weight is 315 g/mol. The van der Waals surface area contributed by atoms with Crippen LogP contribution in [0.3, 0.4) is 0 Å². The molecule has 21 heavy (non-hydrogen) atoms. The first-order valence-electron chi connectivity index (χ1n) is 5.99. The Morgan fingerprint density at radius 2 is 1.76 bits per heavy atom. The molecule has 0 aliphatic heterocycles. The summed E-state index contributed by atoms with van der Waals surface area (Å²) < 4.78 is 37.5. The molecule has 0 bridgehead atoms. The lowest BCUT2D eigenvalue weighted by Gasteiger charge is -2.15. The molecule has 1 N–H and O–H groups in total. The number of hydrogen-bond acceptors (Lipinski definition) is 3. The maximum atomic E-state index is 12.5. The Morgan fingerprint density at radius 1 is 1.19 bits per heavy atom. The number of carboxylic acids is 1. The number of carbonyl (C=O) groups is 1. The Balaban J connectivity index is 2.32. The molecule has 0 atom stereocenters. The Morgan fingerprint density at radius 3 is 2.24 bits per heavy atom. The highest BCUT2D eigenvalue weighted by Crippen LogP contribution is 2.33. The number of benzene rings is 1. The molecule has 0 saturated carbocycles. The van der Waals surface area contributed by atoms with E-state index in [1.165, 1.54) is 37.3 Å². The van der Waals surface area contributed by atoms with Crippen LogP contribution in [0.15, 0.2) is 29.6 Å². The van der Waals surface area contributed by atoms with Gasteiger partial charge in [0.1, 0.15) is 10.4 Å². The zero-order valence-electron chi connectivity index (χ0n) is 11.2. The van der Waals surface area contributed by atoms with E-state index in [-0.39, 0.29) is 0 Å². The normalized spacial score (nSPS) is 12.4. The van der Waals surface area contributed by atoms with Gasteiger partial charge in [-0.25, -0.2) is 4.98 Å². The number of halogens is 3. The maximum absolute atomic E-state index is 12.5. The number of hydrogen-bond donors (Lipinski definition) is 1. The van der Waals surface area contributed by atoms with Crippen LogP contribution in [0, 0.1) is 0 Å². The molecular weight excluding hydrogens is 303 g/mol. The summed E-state index contributed by atoms with van der Waals surface area (Å²) in [6.07, 6.45) is -4.38. The molecule has 2 rings (SSSR count). The second kappa shape index (κ2) is 5.14. The van der Waals surface area contributed by atoms with Crippen LogP contribution in [0.2, 0.25) is 0 Å². The highest BCUT2D eigenvalue weighted by Gasteiger charge is 2.32. The second-order valence-electron chi connectivity index (χ2n) is 5.04. The van der Waals surface area contributed by atoms with Gasteiger partial charge in [-0.2, -0.15) is 13.2 Å². The number of aliphatic carboxylic acids is 1. The lowest BCUT2D eigenvalue weighted by molar-refractivity contribution is -0.142. The van der Waals surface area contributed by atoms with Crippen LogP contribution in [-0.2, 0) is 16.4 Å². The summed E-state index contributed by atoms with van der Waals surface area (Å²) in [6, 6.07) is 4.63. The van der Waals surface area contributed by atoms with Gasteiger partial charge in [0, 0.05) is 10.9 Å². The topological polar surface area (TPSA) is 50.2 Å². The van der Waals surface area contributed by atoms with E-state index in [1.807, 2.05) is 0 Å². The molecule has 1 aromatic carbocycles. The molecule has 0 unspecified atom stereocenters. The van der Waals surface area contributed by atoms with E-state index in [4.69, 9.17) is 5.11 Å². The van der Waals surface area contributed by atoms with E-state index in [0.717, 1.165) is 12.1 Å². The molecule has 3 nitrogen and oxygen atoms in total. The fraction of sp³-hybridized carbons (Fsp3) is 0.286. The minimum Gasteiger partial charge on any atom is -0.481 e. The molecule has 0 amide bonds. The van der Waals surface area contributed by atoms with Gasteiger partial charge in [-0.3, -0.25) is 4.79 Å². The quantitative estimate of drug-likeness (QED) is 0.924. The van der Waals surface area contributed by atoms with Gasteiger partial charge in [-0.15, -0.1) is 11.3 Å². The van der Waals surface area contributed by atoms with Crippen LogP contribution < -0.4 is 0 Å². The lowest BCUT2D eigenvalue weighted by atomic mass is 9.90. The third-order valence-electron chi connectivity index (χ3n) is 3.14. The standard InChI is InChI=1S/C14H12F3NO2S/c1-13(2,12(19)20)10-7-21-11(18-10)8-3-5-9(6-4-8)14(15,16)17/h3-7H,1-2H3,(H,19,20). The van der Waals surface area contributed by atoms with Crippen molar-refractivity contribution in [2.45, 2.75) is 25.4 Å². The van der Waals surface area contributed by atoms with Gasteiger partial charge in [0.25, 0.3) is 0 Å². The molecule has 2 aromatic rings. The van der Waals surface area contributed by atoms with Crippen LogP contribution in [0.25, 0.3) is 10.6 Å². The summed E-state index contributed by atoms with van der Waals surface area (Å²) in [5.41, 5.74) is -0.954. The van der Waals surface area contributed by atoms with E-state index in [9.17, 15) is 18.0 Å². The van der Waals surface area contributed by atoms with E-state index in [1.54, 1.807) is 5.38 Å². The van der Waals surface area contributed by atoms with Gasteiger partial charge in [0.2, 0.25) is 0 Å². The Kier molecular flexibility index (Phi) is 3.79. The largest absolute Gasteiger partial charge is 0.481 e. The monoisotopic (exact) mass is 315 g/mol. The number of aromatic nitrogens is 1. The first-order valence-corrected chi connectivity index (χ1v) is 6.87. The van der Waals surface area contributed by atoms with Crippen LogP contribution in [0.5, 0.6) is 0 Å². The molecule has 0 saturated heterocycles. The number of nitrogens with zero attached hydrogens (tertiary/aromatic N) is 1. The maximum Gasteiger partial charge on any atom is 0.416 e. The second-order valence-corrected chi connectivity index (χ2v) is 5.90. The van der Waals surface area contributed by atoms with Gasteiger partial charge in [0.15, 0.2) is 0 Å². The predicted octanol–water partition coefficient (Wildman–Crippen LogP) is 4.19. The molecule has 7 heteroatoms. The summed E-state index contributed by atoms with van der Waals surface area (Å²) in [5, 5.41) is 11.2. The fourth-order valence-corrected chi connectivity index (χ4v) is 2.60. The van der Waals surface area contributed by atoms with Crippen LogP contribution in [0.1, 0.15) is 25.1 Å². The number of carboxylic acid groups (broad SMARTS) is 1. The van der Waals surface area contributed by atoms with Gasteiger partial charge in [-0.05, 0) is 26.0 Å². The first-order chi connectivity index (χ1) is 9.62. The summed E-state index contributed by atoms with van der Waals surface area (Å²) in [4.78, 5) is 15.4. The average Bonchev–Trinajstić information content (AvgIpc) is 2.88. The van der Waals surface area contributed by atoms with Gasteiger partial charge >= 0.3 is 12.1 Å². The van der Waals surface area contributed by atoms with Gasteiger partial charge in [0.05, 0.1) is 11.3 Å². The summed E-state index contributed by atoms with van der Waals surface area (Å²) in [5.74, 6) is -1.01. The summed E-state index contributed by atoms with van der Waals surface area (Å²) in [7, 11) is 0. The van der Waals surface area contributed by atoms with E-state index in [2.05, 4.69) is 4.98 Å². The van der Waals surface area contributed by atoms with Crippen LogP contribution in [0.4, 0.5) is 13.2 Å². The minimum atomic E-state index is -4.38. The molecule has 1 aromatic heterocycles. The van der Waals surface area contributed by atoms with Gasteiger partial charge in [-0.1, -0.05) is 12.1 Å². The SMILES string of the molecule is CC(C)(C(=O)O)c1csc(-c2ccc(C(F)(F)F)cc2)n1. The van der Waals surface area contributed by atoms with E-state index in [0.29, 0.717) is 16.3 Å². The van der Waals surface area contributed by atoms with Crippen molar-refractivity contribution in [3.63, 3.8) is 0 Å². The Labute approximate surface area is 123 Å². The van der Waals surface area contributed by atoms with Crippen molar-refractivity contribution in [2.75, 3.05) is 0 Å². The summed E-state index contributed by atoms with van der Waals surface area (Å²) in [6.45, 7) is 3.06. The molecule has 0 aliphatic rings. The zero-order valence-corrected chi connectivity index (χ0v) is 12.0. The molecule has 0 fully saturated rings. The Hall–Kier alpha value is -1.89. The third-order valence-corrected chi connectivity index (χ3v) is 4.03. The van der Waals surface area contributed by atoms with Gasteiger partial charge < -0.3 is 5.11 Å².